The van der Waals surface area contributed by atoms with E-state index >= 15 is 0 Å². The third kappa shape index (κ3) is 3.27. The Labute approximate surface area is 107 Å². The van der Waals surface area contributed by atoms with Crippen LogP contribution >= 0.6 is 11.6 Å². The van der Waals surface area contributed by atoms with Crippen LogP contribution in [0.15, 0.2) is 12.1 Å². The summed E-state index contributed by atoms with van der Waals surface area (Å²) in [5.74, 6) is 2.45. The Morgan fingerprint density at radius 1 is 1.24 bits per heavy atom. The van der Waals surface area contributed by atoms with E-state index in [1.807, 2.05) is 0 Å². The maximum absolute atomic E-state index is 5.62. The van der Waals surface area contributed by atoms with Crippen LogP contribution < -0.4 is 14.8 Å². The Morgan fingerprint density at radius 3 is 2.76 bits per heavy atom. The van der Waals surface area contributed by atoms with Gasteiger partial charge in [0.25, 0.3) is 0 Å². The molecule has 0 unspecified atom stereocenters. The molecule has 94 valence electrons. The molecule has 1 aliphatic rings. The number of nitrogens with one attached hydrogen (secondary N) is 1. The second-order valence-corrected chi connectivity index (χ2v) is 4.55. The van der Waals surface area contributed by atoms with Gasteiger partial charge in [0.2, 0.25) is 6.79 Å². The zero-order chi connectivity index (χ0) is 12.1. The number of alkyl halides is 1. The predicted molar refractivity (Wildman–Crippen MR) is 69.2 cm³/mol. The highest BCUT2D eigenvalue weighted by molar-refractivity contribution is 6.17. The van der Waals surface area contributed by atoms with Gasteiger partial charge in [0.1, 0.15) is 0 Å². The van der Waals surface area contributed by atoms with Crippen molar-refractivity contribution in [3.8, 4) is 11.5 Å². The summed E-state index contributed by atoms with van der Waals surface area (Å²) >= 11 is 5.62. The first-order valence-corrected chi connectivity index (χ1v) is 6.50. The van der Waals surface area contributed by atoms with Gasteiger partial charge in [-0.25, -0.2) is 0 Å². The smallest absolute Gasteiger partial charge is 0.231 e. The lowest BCUT2D eigenvalue weighted by Gasteiger charge is -2.08. The molecule has 2 rings (SSSR count). The number of ether oxygens (including phenoxy) is 2. The highest BCUT2D eigenvalue weighted by atomic mass is 35.5. The summed E-state index contributed by atoms with van der Waals surface area (Å²) in [7, 11) is 0. The van der Waals surface area contributed by atoms with E-state index in [9.17, 15) is 0 Å². The standard InChI is InChI=1S/C13H18ClNO2/c1-10-7-12-13(17-9-16-12)8-11(10)3-6-15-5-2-4-14/h7-8,15H,2-6,9H2,1H3. The Kier molecular flexibility index (Phi) is 4.51. The third-order valence-electron chi connectivity index (χ3n) is 2.89. The summed E-state index contributed by atoms with van der Waals surface area (Å²) in [5, 5.41) is 3.37. The van der Waals surface area contributed by atoms with E-state index in [-0.39, 0.29) is 0 Å². The van der Waals surface area contributed by atoms with E-state index in [2.05, 4.69) is 24.4 Å². The van der Waals surface area contributed by atoms with Crippen LogP contribution in [0.25, 0.3) is 0 Å². The van der Waals surface area contributed by atoms with Crippen LogP contribution in [-0.4, -0.2) is 25.8 Å². The Bertz CT molecular complexity index is 382. The molecule has 4 heteroatoms. The summed E-state index contributed by atoms with van der Waals surface area (Å²) in [4.78, 5) is 0. The largest absolute Gasteiger partial charge is 0.454 e. The second kappa shape index (κ2) is 6.12. The van der Waals surface area contributed by atoms with E-state index < -0.39 is 0 Å². The summed E-state index contributed by atoms with van der Waals surface area (Å²) < 4.78 is 10.7. The number of hydrogen-bond acceptors (Lipinski definition) is 3. The van der Waals surface area contributed by atoms with Crippen molar-refractivity contribution in [1.82, 2.24) is 5.32 Å². The molecule has 0 aliphatic carbocycles. The maximum atomic E-state index is 5.62. The van der Waals surface area contributed by atoms with Gasteiger partial charge < -0.3 is 14.8 Å². The lowest BCUT2D eigenvalue weighted by molar-refractivity contribution is 0.174. The first-order chi connectivity index (χ1) is 8.31. The van der Waals surface area contributed by atoms with Gasteiger partial charge in [0.15, 0.2) is 11.5 Å². The van der Waals surface area contributed by atoms with Crippen molar-refractivity contribution in [1.29, 1.82) is 0 Å². The van der Waals surface area contributed by atoms with Crippen LogP contribution in [-0.2, 0) is 6.42 Å². The average molecular weight is 256 g/mol. The van der Waals surface area contributed by atoms with E-state index in [4.69, 9.17) is 21.1 Å². The molecule has 0 radical (unpaired) electrons. The molecule has 1 heterocycles. The number of aryl methyl sites for hydroxylation is 1. The molecule has 0 atom stereocenters. The van der Waals surface area contributed by atoms with Crippen molar-refractivity contribution in [3.05, 3.63) is 23.3 Å². The van der Waals surface area contributed by atoms with Crippen molar-refractivity contribution >= 4 is 11.6 Å². The van der Waals surface area contributed by atoms with Gasteiger partial charge in [-0.1, -0.05) is 0 Å². The van der Waals surface area contributed by atoms with E-state index in [1.165, 1.54) is 11.1 Å². The second-order valence-electron chi connectivity index (χ2n) is 4.17. The molecule has 1 aromatic carbocycles. The van der Waals surface area contributed by atoms with Crippen LogP contribution in [0.2, 0.25) is 0 Å². The zero-order valence-electron chi connectivity index (χ0n) is 10.1. The monoisotopic (exact) mass is 255 g/mol. The third-order valence-corrected chi connectivity index (χ3v) is 3.16. The maximum Gasteiger partial charge on any atom is 0.231 e. The molecule has 1 aliphatic heterocycles. The summed E-state index contributed by atoms with van der Waals surface area (Å²) in [6.45, 7) is 4.40. The van der Waals surface area contributed by atoms with Crippen molar-refractivity contribution in [2.45, 2.75) is 19.8 Å². The number of hydrogen-bond donors (Lipinski definition) is 1. The molecule has 1 aromatic rings. The summed E-state index contributed by atoms with van der Waals surface area (Å²) in [6.07, 6.45) is 2.02. The lowest BCUT2D eigenvalue weighted by Crippen LogP contribution is -2.19. The molecule has 0 fully saturated rings. The molecular formula is C13H18ClNO2. The van der Waals surface area contributed by atoms with Crippen molar-refractivity contribution in [2.75, 3.05) is 25.8 Å². The number of halogens is 1. The quantitative estimate of drug-likeness (QED) is 0.626. The van der Waals surface area contributed by atoms with Crippen LogP contribution in [0.1, 0.15) is 17.5 Å². The normalized spacial score (nSPS) is 13.1. The fourth-order valence-corrected chi connectivity index (χ4v) is 2.03. The zero-order valence-corrected chi connectivity index (χ0v) is 10.8. The minimum absolute atomic E-state index is 0.339. The fourth-order valence-electron chi connectivity index (χ4n) is 1.89. The molecule has 0 bridgehead atoms. The van der Waals surface area contributed by atoms with Gasteiger partial charge in [-0.2, -0.15) is 0 Å². The minimum atomic E-state index is 0.339. The van der Waals surface area contributed by atoms with E-state index in [1.54, 1.807) is 0 Å². The Morgan fingerprint density at radius 2 is 2.00 bits per heavy atom. The van der Waals surface area contributed by atoms with Crippen LogP contribution in [0.5, 0.6) is 11.5 Å². The van der Waals surface area contributed by atoms with Gasteiger partial charge in [-0.05, 0) is 56.1 Å². The van der Waals surface area contributed by atoms with Crippen molar-refractivity contribution < 1.29 is 9.47 Å². The fraction of sp³-hybridized carbons (Fsp3) is 0.538. The minimum Gasteiger partial charge on any atom is -0.454 e. The number of benzene rings is 1. The number of rotatable bonds is 6. The SMILES string of the molecule is Cc1cc2c(cc1CCNCCCCl)OCO2. The van der Waals surface area contributed by atoms with Crippen LogP contribution in [0, 0.1) is 6.92 Å². The van der Waals surface area contributed by atoms with Gasteiger partial charge in [0, 0.05) is 5.88 Å². The molecule has 0 saturated carbocycles. The molecule has 3 nitrogen and oxygen atoms in total. The molecular weight excluding hydrogens is 238 g/mol. The highest BCUT2D eigenvalue weighted by Gasteiger charge is 2.15. The Hall–Kier alpha value is -0.930. The highest BCUT2D eigenvalue weighted by Crippen LogP contribution is 2.34. The van der Waals surface area contributed by atoms with Crippen molar-refractivity contribution in [2.24, 2.45) is 0 Å². The van der Waals surface area contributed by atoms with E-state index in [0.29, 0.717) is 6.79 Å². The van der Waals surface area contributed by atoms with Crippen molar-refractivity contribution in [3.63, 3.8) is 0 Å². The Balaban J connectivity index is 1.88. The molecule has 17 heavy (non-hydrogen) atoms. The summed E-state index contributed by atoms with van der Waals surface area (Å²) in [6, 6.07) is 4.14. The van der Waals surface area contributed by atoms with Crippen LogP contribution in [0.4, 0.5) is 0 Å². The first-order valence-electron chi connectivity index (χ1n) is 5.97. The molecule has 1 N–H and O–H groups in total. The van der Waals surface area contributed by atoms with Gasteiger partial charge >= 0.3 is 0 Å². The van der Waals surface area contributed by atoms with E-state index in [0.717, 1.165) is 43.3 Å². The van der Waals surface area contributed by atoms with Gasteiger partial charge in [-0.3, -0.25) is 0 Å². The first kappa shape index (κ1) is 12.5. The molecule has 0 aromatic heterocycles. The molecule has 0 spiro atoms. The molecule has 0 amide bonds. The topological polar surface area (TPSA) is 30.5 Å². The predicted octanol–water partition coefficient (Wildman–Crippen LogP) is 2.48. The van der Waals surface area contributed by atoms with Gasteiger partial charge in [-0.15, -0.1) is 11.6 Å². The van der Waals surface area contributed by atoms with Crippen LogP contribution in [0.3, 0.4) is 0 Å². The lowest BCUT2D eigenvalue weighted by atomic mass is 10.0. The average Bonchev–Trinajstić information content (AvgIpc) is 2.76. The van der Waals surface area contributed by atoms with Gasteiger partial charge in [0.05, 0.1) is 0 Å². The number of fused-ring (bicyclic) bond motifs is 1. The summed E-state index contributed by atoms with van der Waals surface area (Å²) in [5.41, 5.74) is 2.57. The molecule has 0 saturated heterocycles.